The number of ether oxygens (including phenoxy) is 1. The van der Waals surface area contributed by atoms with Gasteiger partial charge in [-0.05, 0) is 19.8 Å². The molecular weight excluding hydrogens is 244 g/mol. The van der Waals surface area contributed by atoms with Crippen molar-refractivity contribution in [3.63, 3.8) is 0 Å². The lowest BCUT2D eigenvalue weighted by molar-refractivity contribution is -0.144. The molecule has 0 saturated heterocycles. The Morgan fingerprint density at radius 2 is 1.89 bits per heavy atom. The Hall–Kier alpha value is -1.36. The molecule has 1 amide bonds. The summed E-state index contributed by atoms with van der Waals surface area (Å²) in [5, 5.41) is 2.94. The quantitative estimate of drug-likeness (QED) is 0.481. The molecule has 0 fully saturated rings. The van der Waals surface area contributed by atoms with Crippen molar-refractivity contribution in [3.8, 4) is 0 Å². The van der Waals surface area contributed by atoms with E-state index >= 15 is 0 Å². The van der Waals surface area contributed by atoms with Gasteiger partial charge in [-0.15, -0.1) is 6.58 Å². The van der Waals surface area contributed by atoms with E-state index in [1.807, 2.05) is 13.8 Å². The van der Waals surface area contributed by atoms with Gasteiger partial charge in [0.25, 0.3) is 0 Å². The second-order valence-corrected chi connectivity index (χ2v) is 4.34. The van der Waals surface area contributed by atoms with Crippen molar-refractivity contribution in [3.05, 3.63) is 12.7 Å². The lowest BCUT2D eigenvalue weighted by Gasteiger charge is -2.21. The number of carbonyl (C=O) groups is 2. The highest BCUT2D eigenvalue weighted by Crippen LogP contribution is 1.97. The third-order valence-electron chi connectivity index (χ3n) is 2.76. The fourth-order valence-corrected chi connectivity index (χ4v) is 1.73. The van der Waals surface area contributed by atoms with Crippen LogP contribution in [-0.2, 0) is 14.3 Å². The summed E-state index contributed by atoms with van der Waals surface area (Å²) in [4.78, 5) is 25.0. The van der Waals surface area contributed by atoms with Gasteiger partial charge in [0.2, 0.25) is 5.91 Å². The van der Waals surface area contributed by atoms with Crippen molar-refractivity contribution >= 4 is 11.9 Å². The number of nitrogens with one attached hydrogen (secondary N) is 1. The average molecular weight is 270 g/mol. The second-order valence-electron chi connectivity index (χ2n) is 4.34. The third-order valence-corrected chi connectivity index (χ3v) is 2.76. The number of hydrogen-bond donors (Lipinski definition) is 1. The van der Waals surface area contributed by atoms with Crippen molar-refractivity contribution in [2.75, 3.05) is 26.2 Å². The lowest BCUT2D eigenvalue weighted by atomic mass is 10.2. The van der Waals surface area contributed by atoms with Crippen LogP contribution in [0.4, 0.5) is 0 Å². The van der Waals surface area contributed by atoms with Crippen molar-refractivity contribution in [1.82, 2.24) is 10.2 Å². The first-order valence-corrected chi connectivity index (χ1v) is 6.85. The van der Waals surface area contributed by atoms with Crippen LogP contribution >= 0.6 is 0 Å². The number of nitrogens with zero attached hydrogens (tertiary/aromatic N) is 1. The van der Waals surface area contributed by atoms with Crippen LogP contribution in [0.15, 0.2) is 12.7 Å². The molecule has 19 heavy (non-hydrogen) atoms. The Morgan fingerprint density at radius 1 is 1.26 bits per heavy atom. The SMILES string of the molecule is C=CCN(CC(=O)NC(CC)CC)CC(=O)OCC. The summed E-state index contributed by atoms with van der Waals surface area (Å²) in [6.45, 7) is 10.6. The topological polar surface area (TPSA) is 58.6 Å². The largest absolute Gasteiger partial charge is 0.465 e. The van der Waals surface area contributed by atoms with E-state index in [0.29, 0.717) is 13.2 Å². The average Bonchev–Trinajstić information content (AvgIpc) is 2.36. The van der Waals surface area contributed by atoms with Crippen LogP contribution in [0.25, 0.3) is 0 Å². The number of amides is 1. The number of rotatable bonds is 10. The molecule has 0 aromatic rings. The smallest absolute Gasteiger partial charge is 0.320 e. The molecule has 0 saturated carbocycles. The maximum atomic E-state index is 11.9. The first kappa shape index (κ1) is 17.6. The van der Waals surface area contributed by atoms with Crippen LogP contribution in [0.3, 0.4) is 0 Å². The van der Waals surface area contributed by atoms with Crippen LogP contribution in [0.1, 0.15) is 33.6 Å². The van der Waals surface area contributed by atoms with E-state index in [4.69, 9.17) is 4.74 Å². The van der Waals surface area contributed by atoms with E-state index < -0.39 is 0 Å². The highest BCUT2D eigenvalue weighted by Gasteiger charge is 2.15. The third kappa shape index (κ3) is 8.37. The zero-order valence-electron chi connectivity index (χ0n) is 12.3. The summed E-state index contributed by atoms with van der Waals surface area (Å²) in [7, 11) is 0. The second kappa shape index (κ2) is 10.6. The van der Waals surface area contributed by atoms with Gasteiger partial charge in [0.1, 0.15) is 0 Å². The minimum Gasteiger partial charge on any atom is -0.465 e. The number of carbonyl (C=O) groups excluding carboxylic acids is 2. The molecule has 0 aromatic carbocycles. The van der Waals surface area contributed by atoms with Crippen LogP contribution < -0.4 is 5.32 Å². The van der Waals surface area contributed by atoms with Crippen LogP contribution in [0, 0.1) is 0 Å². The molecule has 0 aromatic heterocycles. The van der Waals surface area contributed by atoms with Crippen molar-refractivity contribution in [2.45, 2.75) is 39.7 Å². The Balaban J connectivity index is 4.28. The van der Waals surface area contributed by atoms with E-state index in [0.717, 1.165) is 12.8 Å². The Morgan fingerprint density at radius 3 is 2.37 bits per heavy atom. The molecule has 5 nitrogen and oxygen atoms in total. The molecule has 0 atom stereocenters. The van der Waals surface area contributed by atoms with Gasteiger partial charge in [0, 0.05) is 12.6 Å². The summed E-state index contributed by atoms with van der Waals surface area (Å²) in [6.07, 6.45) is 3.48. The molecule has 1 N–H and O–H groups in total. The highest BCUT2D eigenvalue weighted by atomic mass is 16.5. The summed E-state index contributed by atoms with van der Waals surface area (Å²) >= 11 is 0. The fraction of sp³-hybridized carbons (Fsp3) is 0.714. The van der Waals surface area contributed by atoms with E-state index in [9.17, 15) is 9.59 Å². The Bertz CT molecular complexity index is 288. The molecule has 0 aliphatic carbocycles. The van der Waals surface area contributed by atoms with Crippen LogP contribution in [0.5, 0.6) is 0 Å². The van der Waals surface area contributed by atoms with Gasteiger partial charge in [0.15, 0.2) is 0 Å². The van der Waals surface area contributed by atoms with E-state index in [2.05, 4.69) is 11.9 Å². The van der Waals surface area contributed by atoms with E-state index in [1.54, 1.807) is 17.9 Å². The molecule has 0 aliphatic heterocycles. The van der Waals surface area contributed by atoms with E-state index in [-0.39, 0.29) is 31.0 Å². The van der Waals surface area contributed by atoms with Gasteiger partial charge in [-0.1, -0.05) is 19.9 Å². The molecule has 110 valence electrons. The zero-order chi connectivity index (χ0) is 14.7. The molecule has 0 aliphatic rings. The first-order chi connectivity index (χ1) is 9.07. The molecule has 0 unspecified atom stereocenters. The van der Waals surface area contributed by atoms with Crippen LogP contribution in [-0.4, -0.2) is 49.1 Å². The Labute approximate surface area is 116 Å². The summed E-state index contributed by atoms with van der Waals surface area (Å²) in [6, 6.07) is 0.195. The van der Waals surface area contributed by atoms with E-state index in [1.165, 1.54) is 0 Å². The van der Waals surface area contributed by atoms with Gasteiger partial charge in [-0.25, -0.2) is 0 Å². The van der Waals surface area contributed by atoms with Gasteiger partial charge >= 0.3 is 5.97 Å². The molecule has 0 bridgehead atoms. The van der Waals surface area contributed by atoms with Crippen molar-refractivity contribution in [2.24, 2.45) is 0 Å². The molecular formula is C14H26N2O3. The zero-order valence-corrected chi connectivity index (χ0v) is 12.3. The minimum atomic E-state index is -0.320. The molecule has 0 spiro atoms. The standard InChI is InChI=1S/C14H26N2O3/c1-5-9-16(11-14(18)19-8-4)10-13(17)15-12(6-2)7-3/h5,12H,1,6-11H2,2-4H3,(H,15,17). The van der Waals surface area contributed by atoms with Crippen molar-refractivity contribution < 1.29 is 14.3 Å². The maximum Gasteiger partial charge on any atom is 0.320 e. The summed E-state index contributed by atoms with van der Waals surface area (Å²) in [5.41, 5.74) is 0. The molecule has 5 heteroatoms. The number of esters is 1. The van der Waals surface area contributed by atoms with Gasteiger partial charge in [0.05, 0.1) is 19.7 Å². The molecule has 0 rings (SSSR count). The lowest BCUT2D eigenvalue weighted by Crippen LogP contribution is -2.43. The predicted octanol–water partition coefficient (Wildman–Crippen LogP) is 1.34. The molecule has 0 radical (unpaired) electrons. The fourth-order valence-electron chi connectivity index (χ4n) is 1.73. The van der Waals surface area contributed by atoms with Gasteiger partial charge in [-0.2, -0.15) is 0 Å². The normalized spacial score (nSPS) is 10.6. The monoisotopic (exact) mass is 270 g/mol. The summed E-state index contributed by atoms with van der Waals surface area (Å²) < 4.78 is 4.88. The van der Waals surface area contributed by atoms with Crippen molar-refractivity contribution in [1.29, 1.82) is 0 Å². The minimum absolute atomic E-state index is 0.0696. The van der Waals surface area contributed by atoms with Gasteiger partial charge in [-0.3, -0.25) is 14.5 Å². The summed E-state index contributed by atoms with van der Waals surface area (Å²) in [5.74, 6) is -0.389. The molecule has 0 heterocycles. The Kier molecular flexibility index (Phi) is 9.80. The first-order valence-electron chi connectivity index (χ1n) is 6.85. The number of hydrogen-bond acceptors (Lipinski definition) is 4. The maximum absolute atomic E-state index is 11.9. The van der Waals surface area contributed by atoms with Crippen LogP contribution in [0.2, 0.25) is 0 Å². The highest BCUT2D eigenvalue weighted by molar-refractivity contribution is 5.79. The van der Waals surface area contributed by atoms with Gasteiger partial charge < -0.3 is 10.1 Å². The predicted molar refractivity (Wildman–Crippen MR) is 75.8 cm³/mol.